The van der Waals surface area contributed by atoms with Gasteiger partial charge in [-0.3, -0.25) is 9.89 Å². The zero-order valence-corrected chi connectivity index (χ0v) is 13.9. The summed E-state index contributed by atoms with van der Waals surface area (Å²) in [5.41, 5.74) is 2.21. The van der Waals surface area contributed by atoms with E-state index in [1.54, 1.807) is 40.9 Å². The summed E-state index contributed by atoms with van der Waals surface area (Å²) in [6.07, 6.45) is 2.23. The van der Waals surface area contributed by atoms with Crippen LogP contribution in [0.4, 0.5) is 4.39 Å². The molecule has 0 aliphatic carbocycles. The number of rotatable bonds is 2. The molecular weight excluding hydrogens is 335 g/mol. The molecule has 0 bridgehead atoms. The van der Waals surface area contributed by atoms with Gasteiger partial charge in [0.25, 0.3) is 5.91 Å². The van der Waals surface area contributed by atoms with E-state index in [0.29, 0.717) is 24.2 Å². The SMILES string of the molecule is C.Cc1cccc(C(=O)N2Cc3nnn(-c4ccn[nH]4)c3C[C@H]2C)c1F. The van der Waals surface area contributed by atoms with Crippen molar-refractivity contribution in [2.45, 2.75) is 40.3 Å². The number of amides is 1. The van der Waals surface area contributed by atoms with Crippen molar-refractivity contribution in [2.24, 2.45) is 0 Å². The molecule has 0 unspecified atom stereocenters. The summed E-state index contributed by atoms with van der Waals surface area (Å²) < 4.78 is 16.0. The predicted octanol–water partition coefficient (Wildman–Crippen LogP) is 2.66. The van der Waals surface area contributed by atoms with Gasteiger partial charge in [-0.25, -0.2) is 4.39 Å². The number of hydrogen-bond donors (Lipinski definition) is 1. The highest BCUT2D eigenvalue weighted by atomic mass is 19.1. The minimum atomic E-state index is -0.466. The van der Waals surface area contributed by atoms with Crippen LogP contribution in [0.25, 0.3) is 5.82 Å². The number of nitrogens with one attached hydrogen (secondary N) is 1. The molecule has 3 aromatic rings. The molecule has 8 heteroatoms. The lowest BCUT2D eigenvalue weighted by molar-refractivity contribution is 0.0648. The number of nitrogens with zero attached hydrogens (tertiary/aromatic N) is 5. The smallest absolute Gasteiger partial charge is 0.257 e. The lowest BCUT2D eigenvalue weighted by Crippen LogP contribution is -2.43. The van der Waals surface area contributed by atoms with Crippen LogP contribution in [0.15, 0.2) is 30.5 Å². The van der Waals surface area contributed by atoms with Gasteiger partial charge in [0, 0.05) is 18.5 Å². The first-order valence-corrected chi connectivity index (χ1v) is 8.05. The molecule has 136 valence electrons. The first-order valence-electron chi connectivity index (χ1n) is 8.05. The van der Waals surface area contributed by atoms with Crippen LogP contribution in [-0.4, -0.2) is 42.0 Å². The van der Waals surface area contributed by atoms with Crippen LogP contribution in [0.5, 0.6) is 0 Å². The normalized spacial score (nSPS) is 16.1. The quantitative estimate of drug-likeness (QED) is 0.765. The Hall–Kier alpha value is -3.03. The van der Waals surface area contributed by atoms with Crippen molar-refractivity contribution >= 4 is 5.91 Å². The van der Waals surface area contributed by atoms with Crippen molar-refractivity contribution in [1.82, 2.24) is 30.1 Å². The number of carbonyl (C=O) groups is 1. The number of carbonyl (C=O) groups excluding carboxylic acids is 1. The molecule has 0 saturated carbocycles. The van der Waals surface area contributed by atoms with Crippen molar-refractivity contribution in [2.75, 3.05) is 0 Å². The minimum absolute atomic E-state index is 0. The molecule has 26 heavy (non-hydrogen) atoms. The molecule has 0 spiro atoms. The second-order valence-corrected chi connectivity index (χ2v) is 6.26. The number of aromatic nitrogens is 5. The second kappa shape index (κ2) is 6.70. The molecule has 1 atom stereocenters. The van der Waals surface area contributed by atoms with Crippen LogP contribution >= 0.6 is 0 Å². The molecule has 4 rings (SSSR count). The monoisotopic (exact) mass is 356 g/mol. The Bertz CT molecular complexity index is 933. The fourth-order valence-corrected chi connectivity index (χ4v) is 3.17. The van der Waals surface area contributed by atoms with Crippen molar-refractivity contribution in [1.29, 1.82) is 0 Å². The van der Waals surface area contributed by atoms with Crippen molar-refractivity contribution in [3.8, 4) is 5.82 Å². The molecule has 2 aromatic heterocycles. The van der Waals surface area contributed by atoms with E-state index in [0.717, 1.165) is 11.5 Å². The van der Waals surface area contributed by atoms with Crippen LogP contribution in [0.2, 0.25) is 0 Å². The number of hydrogen-bond acceptors (Lipinski definition) is 4. The second-order valence-electron chi connectivity index (χ2n) is 6.26. The van der Waals surface area contributed by atoms with Gasteiger partial charge >= 0.3 is 0 Å². The lowest BCUT2D eigenvalue weighted by atomic mass is 10.0. The molecule has 1 aliphatic rings. The Kier molecular flexibility index (Phi) is 4.58. The fourth-order valence-electron chi connectivity index (χ4n) is 3.17. The van der Waals surface area contributed by atoms with E-state index < -0.39 is 5.82 Å². The average Bonchev–Trinajstić information content (AvgIpc) is 3.25. The predicted molar refractivity (Wildman–Crippen MR) is 94.4 cm³/mol. The summed E-state index contributed by atoms with van der Waals surface area (Å²) in [5, 5.41) is 15.1. The fraction of sp³-hybridized carbons (Fsp3) is 0.333. The summed E-state index contributed by atoms with van der Waals surface area (Å²) >= 11 is 0. The highest BCUT2D eigenvalue weighted by Gasteiger charge is 2.32. The van der Waals surface area contributed by atoms with E-state index >= 15 is 0 Å². The van der Waals surface area contributed by atoms with Crippen LogP contribution in [-0.2, 0) is 13.0 Å². The van der Waals surface area contributed by atoms with Crippen LogP contribution in [0, 0.1) is 12.7 Å². The molecule has 7 nitrogen and oxygen atoms in total. The standard InChI is InChI=1S/C17H17FN6O.CH4/c1-10-4-3-5-12(16(10)18)17(25)23-9-13-14(8-11(23)2)24(22-20-13)15-6-7-19-21-15;/h3-7,11H,8-9H2,1-2H3,(H,19,21);1H4/t11-;/m1./s1. The van der Waals surface area contributed by atoms with E-state index in [-0.39, 0.29) is 24.9 Å². The topological polar surface area (TPSA) is 79.7 Å². The van der Waals surface area contributed by atoms with E-state index in [1.165, 1.54) is 6.07 Å². The van der Waals surface area contributed by atoms with Gasteiger partial charge in [-0.1, -0.05) is 24.8 Å². The molecule has 1 amide bonds. The number of aryl methyl sites for hydroxylation is 1. The van der Waals surface area contributed by atoms with Gasteiger partial charge in [0.2, 0.25) is 0 Å². The van der Waals surface area contributed by atoms with E-state index in [1.807, 2.05) is 6.92 Å². The summed E-state index contributed by atoms with van der Waals surface area (Å²) in [7, 11) is 0. The molecular formula is C18H21FN6O. The maximum atomic E-state index is 14.3. The zero-order chi connectivity index (χ0) is 17.6. The third-order valence-electron chi connectivity index (χ3n) is 4.58. The number of fused-ring (bicyclic) bond motifs is 1. The van der Waals surface area contributed by atoms with Gasteiger partial charge in [-0.15, -0.1) is 5.10 Å². The first kappa shape index (κ1) is 17.8. The maximum Gasteiger partial charge on any atom is 0.257 e. The van der Waals surface area contributed by atoms with Gasteiger partial charge in [-0.05, 0) is 25.5 Å². The molecule has 1 N–H and O–H groups in total. The van der Waals surface area contributed by atoms with Gasteiger partial charge in [-0.2, -0.15) is 9.78 Å². The maximum absolute atomic E-state index is 14.3. The molecule has 1 aliphatic heterocycles. The molecule has 3 heterocycles. The summed E-state index contributed by atoms with van der Waals surface area (Å²) in [6.45, 7) is 3.90. The Labute approximate surface area is 150 Å². The number of halogens is 1. The Balaban J connectivity index is 0.00000196. The highest BCUT2D eigenvalue weighted by molar-refractivity contribution is 5.95. The van der Waals surface area contributed by atoms with Crippen molar-refractivity contribution in [3.63, 3.8) is 0 Å². The van der Waals surface area contributed by atoms with E-state index in [2.05, 4.69) is 20.5 Å². The number of benzene rings is 1. The third kappa shape index (κ3) is 2.77. The Morgan fingerprint density at radius 3 is 2.88 bits per heavy atom. The average molecular weight is 356 g/mol. The van der Waals surface area contributed by atoms with Crippen LogP contribution in [0.1, 0.15) is 41.7 Å². The van der Waals surface area contributed by atoms with Crippen LogP contribution < -0.4 is 0 Å². The molecule has 0 radical (unpaired) electrons. The van der Waals surface area contributed by atoms with Gasteiger partial charge in [0.15, 0.2) is 5.82 Å². The Morgan fingerprint density at radius 2 is 2.15 bits per heavy atom. The Morgan fingerprint density at radius 1 is 1.35 bits per heavy atom. The summed E-state index contributed by atoms with van der Waals surface area (Å²) in [5.74, 6) is -0.0625. The number of aromatic amines is 1. The van der Waals surface area contributed by atoms with Gasteiger partial charge in [0.05, 0.1) is 24.0 Å². The summed E-state index contributed by atoms with van der Waals surface area (Å²) in [6, 6.07) is 6.58. The van der Waals surface area contributed by atoms with Gasteiger partial charge < -0.3 is 4.90 Å². The van der Waals surface area contributed by atoms with Gasteiger partial charge in [0.1, 0.15) is 11.5 Å². The van der Waals surface area contributed by atoms with Crippen LogP contribution in [0.3, 0.4) is 0 Å². The molecule has 0 fully saturated rings. The lowest BCUT2D eigenvalue weighted by Gasteiger charge is -2.33. The van der Waals surface area contributed by atoms with E-state index in [9.17, 15) is 9.18 Å². The first-order chi connectivity index (χ1) is 12.1. The van der Waals surface area contributed by atoms with Crippen molar-refractivity contribution in [3.05, 3.63) is 58.8 Å². The third-order valence-corrected chi connectivity index (χ3v) is 4.58. The molecule has 1 aromatic carbocycles. The van der Waals surface area contributed by atoms with Crippen molar-refractivity contribution < 1.29 is 9.18 Å². The number of H-pyrrole nitrogens is 1. The zero-order valence-electron chi connectivity index (χ0n) is 13.9. The largest absolute Gasteiger partial charge is 0.329 e. The summed E-state index contributed by atoms with van der Waals surface area (Å²) in [4.78, 5) is 14.5. The highest BCUT2D eigenvalue weighted by Crippen LogP contribution is 2.25. The minimum Gasteiger partial charge on any atom is -0.329 e. The molecule has 0 saturated heterocycles. The van der Waals surface area contributed by atoms with E-state index in [4.69, 9.17) is 0 Å².